The summed E-state index contributed by atoms with van der Waals surface area (Å²) in [5, 5.41) is 0.539. The highest BCUT2D eigenvalue weighted by molar-refractivity contribution is 8.06. The Bertz CT molecular complexity index is 120. The maximum Gasteiger partial charge on any atom is 0.309 e. The van der Waals surface area contributed by atoms with Crippen LogP contribution >= 0.6 is 11.8 Å². The van der Waals surface area contributed by atoms with E-state index in [1.807, 2.05) is 18.7 Å². The Morgan fingerprint density at radius 1 is 1.89 bits per heavy atom. The molecule has 0 aromatic heterocycles. The average molecular weight is 146 g/mol. The van der Waals surface area contributed by atoms with E-state index in [1.54, 1.807) is 0 Å². The number of hydrogen-bond acceptors (Lipinski definition) is 3. The van der Waals surface area contributed by atoms with Gasteiger partial charge in [0.15, 0.2) is 0 Å². The van der Waals surface area contributed by atoms with Crippen LogP contribution in [0.4, 0.5) is 0 Å². The van der Waals surface area contributed by atoms with E-state index in [1.165, 1.54) is 7.11 Å². The van der Waals surface area contributed by atoms with Gasteiger partial charge in [-0.2, -0.15) is 11.8 Å². The van der Waals surface area contributed by atoms with Crippen molar-refractivity contribution in [3.63, 3.8) is 0 Å². The summed E-state index contributed by atoms with van der Waals surface area (Å²) >= 11 is 1.82. The summed E-state index contributed by atoms with van der Waals surface area (Å²) < 4.78 is 4.56. The molecular weight excluding hydrogens is 136 g/mol. The van der Waals surface area contributed by atoms with Gasteiger partial charge in [-0.15, -0.1) is 0 Å². The van der Waals surface area contributed by atoms with E-state index in [4.69, 9.17) is 0 Å². The van der Waals surface area contributed by atoms with Crippen molar-refractivity contribution in [2.45, 2.75) is 12.2 Å². The molecule has 9 heavy (non-hydrogen) atoms. The Hall–Kier alpha value is -0.180. The number of carbonyl (C=O) groups is 1. The van der Waals surface area contributed by atoms with Crippen molar-refractivity contribution in [2.24, 2.45) is 5.92 Å². The van der Waals surface area contributed by atoms with E-state index < -0.39 is 0 Å². The fourth-order valence-electron chi connectivity index (χ4n) is 0.682. The number of hydrogen-bond donors (Lipinski definition) is 0. The fraction of sp³-hybridized carbons (Fsp3) is 0.833. The molecule has 0 amide bonds. The molecule has 0 spiro atoms. The molecule has 0 radical (unpaired) electrons. The van der Waals surface area contributed by atoms with Crippen molar-refractivity contribution >= 4 is 17.7 Å². The third-order valence-corrected chi connectivity index (χ3v) is 2.62. The molecule has 0 aromatic rings. The minimum atomic E-state index is -0.0787. The predicted molar refractivity (Wildman–Crippen MR) is 37.4 cm³/mol. The van der Waals surface area contributed by atoms with Crippen LogP contribution in [0.5, 0.6) is 0 Å². The van der Waals surface area contributed by atoms with Crippen LogP contribution in [0, 0.1) is 5.92 Å². The zero-order valence-corrected chi connectivity index (χ0v) is 6.40. The highest BCUT2D eigenvalue weighted by Crippen LogP contribution is 2.36. The Kier molecular flexibility index (Phi) is 2.01. The second-order valence-corrected chi connectivity index (χ2v) is 3.46. The molecule has 0 aliphatic carbocycles. The molecule has 1 heterocycles. The van der Waals surface area contributed by atoms with Gasteiger partial charge in [0.25, 0.3) is 0 Å². The van der Waals surface area contributed by atoms with Gasteiger partial charge >= 0.3 is 5.97 Å². The van der Waals surface area contributed by atoms with E-state index in [2.05, 4.69) is 4.74 Å². The fourth-order valence-corrected chi connectivity index (χ4v) is 1.48. The van der Waals surface area contributed by atoms with E-state index in [0.29, 0.717) is 5.25 Å². The molecule has 2 nitrogen and oxygen atoms in total. The first-order chi connectivity index (χ1) is 4.25. The molecule has 3 heteroatoms. The van der Waals surface area contributed by atoms with Gasteiger partial charge in [0, 0.05) is 11.0 Å². The van der Waals surface area contributed by atoms with E-state index in [-0.39, 0.29) is 11.9 Å². The smallest absolute Gasteiger partial charge is 0.309 e. The normalized spacial score (nSPS) is 27.1. The largest absolute Gasteiger partial charge is 0.469 e. The molecule has 0 bridgehead atoms. The van der Waals surface area contributed by atoms with E-state index >= 15 is 0 Å². The van der Waals surface area contributed by atoms with Gasteiger partial charge in [-0.05, 0) is 0 Å². The van der Waals surface area contributed by atoms with E-state index in [9.17, 15) is 4.79 Å². The summed E-state index contributed by atoms with van der Waals surface area (Å²) in [5.74, 6) is 1.14. The summed E-state index contributed by atoms with van der Waals surface area (Å²) in [5.41, 5.74) is 0. The molecule has 1 rings (SSSR count). The molecule has 2 unspecified atom stereocenters. The number of methoxy groups -OCH3 is 1. The van der Waals surface area contributed by atoms with Crippen LogP contribution in [0.3, 0.4) is 0 Å². The van der Waals surface area contributed by atoms with Gasteiger partial charge in [-0.25, -0.2) is 0 Å². The molecular formula is C6H10O2S. The van der Waals surface area contributed by atoms with Gasteiger partial charge < -0.3 is 4.74 Å². The highest BCUT2D eigenvalue weighted by Gasteiger charge is 2.34. The predicted octanol–water partition coefficient (Wildman–Crippen LogP) is 0.911. The summed E-state index contributed by atoms with van der Waals surface area (Å²) in [6.07, 6.45) is 0. The lowest BCUT2D eigenvalue weighted by Gasteiger charge is -2.03. The Morgan fingerprint density at radius 2 is 2.44 bits per heavy atom. The van der Waals surface area contributed by atoms with E-state index in [0.717, 1.165) is 5.75 Å². The molecule has 1 aliphatic rings. The maximum atomic E-state index is 10.8. The Balaban J connectivity index is 2.30. The minimum absolute atomic E-state index is 0.0787. The molecule has 1 fully saturated rings. The van der Waals surface area contributed by atoms with Crippen molar-refractivity contribution in [1.29, 1.82) is 0 Å². The van der Waals surface area contributed by atoms with Crippen molar-refractivity contribution in [3.05, 3.63) is 0 Å². The lowest BCUT2D eigenvalue weighted by atomic mass is 10.1. The van der Waals surface area contributed by atoms with Crippen LogP contribution in [-0.2, 0) is 9.53 Å². The summed E-state index contributed by atoms with van der Waals surface area (Å²) in [6, 6.07) is 0. The van der Waals surface area contributed by atoms with Crippen molar-refractivity contribution in [3.8, 4) is 0 Å². The van der Waals surface area contributed by atoms with Gasteiger partial charge in [0.1, 0.15) is 0 Å². The van der Waals surface area contributed by atoms with Crippen molar-refractivity contribution < 1.29 is 9.53 Å². The number of esters is 1. The zero-order chi connectivity index (χ0) is 6.85. The Morgan fingerprint density at radius 3 is 2.78 bits per heavy atom. The molecule has 52 valence electrons. The Labute approximate surface area is 59.0 Å². The second kappa shape index (κ2) is 2.60. The highest BCUT2D eigenvalue weighted by atomic mass is 32.2. The lowest BCUT2D eigenvalue weighted by molar-refractivity contribution is -0.144. The monoisotopic (exact) mass is 146 g/mol. The van der Waals surface area contributed by atoms with Gasteiger partial charge in [-0.3, -0.25) is 4.79 Å². The zero-order valence-electron chi connectivity index (χ0n) is 5.59. The number of rotatable bonds is 2. The molecule has 0 N–H and O–H groups in total. The molecule has 0 saturated carbocycles. The molecule has 0 aromatic carbocycles. The van der Waals surface area contributed by atoms with Crippen LogP contribution in [0.25, 0.3) is 0 Å². The van der Waals surface area contributed by atoms with Crippen molar-refractivity contribution in [2.75, 3.05) is 12.9 Å². The van der Waals surface area contributed by atoms with Gasteiger partial charge in [-0.1, -0.05) is 6.92 Å². The van der Waals surface area contributed by atoms with Gasteiger partial charge in [0.2, 0.25) is 0 Å². The maximum absolute atomic E-state index is 10.8. The third kappa shape index (κ3) is 1.61. The van der Waals surface area contributed by atoms with Gasteiger partial charge in [0.05, 0.1) is 13.0 Å². The third-order valence-electron chi connectivity index (χ3n) is 1.49. The SMILES string of the molecule is COC(=O)C(C)C1CS1. The average Bonchev–Trinajstić information content (AvgIpc) is 2.66. The number of thioether (sulfide) groups is 1. The quantitative estimate of drug-likeness (QED) is 0.428. The summed E-state index contributed by atoms with van der Waals surface area (Å²) in [4.78, 5) is 10.8. The van der Waals surface area contributed by atoms with Crippen LogP contribution in [0.2, 0.25) is 0 Å². The van der Waals surface area contributed by atoms with Crippen LogP contribution in [0.15, 0.2) is 0 Å². The second-order valence-electron chi connectivity index (χ2n) is 2.18. The number of ether oxygens (including phenoxy) is 1. The summed E-state index contributed by atoms with van der Waals surface area (Å²) in [7, 11) is 1.44. The molecule has 1 saturated heterocycles. The first-order valence-corrected chi connectivity index (χ1v) is 4.00. The lowest BCUT2D eigenvalue weighted by Crippen LogP contribution is -2.16. The molecule has 1 aliphatic heterocycles. The first kappa shape index (κ1) is 6.93. The van der Waals surface area contributed by atoms with Crippen LogP contribution in [0.1, 0.15) is 6.92 Å². The van der Waals surface area contributed by atoms with Crippen molar-refractivity contribution in [1.82, 2.24) is 0 Å². The van der Waals surface area contributed by atoms with Crippen LogP contribution < -0.4 is 0 Å². The van der Waals surface area contributed by atoms with Crippen LogP contribution in [-0.4, -0.2) is 24.1 Å². The first-order valence-electron chi connectivity index (χ1n) is 2.95. The number of carbonyl (C=O) groups excluding carboxylic acids is 1. The standard InChI is InChI=1S/C6H10O2S/c1-4(5-3-9-5)6(7)8-2/h4-5H,3H2,1-2H3. The molecule has 2 atom stereocenters. The topological polar surface area (TPSA) is 26.3 Å². The minimum Gasteiger partial charge on any atom is -0.469 e. The summed E-state index contributed by atoms with van der Waals surface area (Å²) in [6.45, 7) is 1.91.